The Morgan fingerprint density at radius 1 is 0.686 bits per heavy atom. The van der Waals surface area contributed by atoms with E-state index in [1.165, 1.54) is 32.1 Å². The maximum Gasteiger partial charge on any atom is 0.272 e. The molecule has 254 valence electrons. The summed E-state index contributed by atoms with van der Waals surface area (Å²) in [5, 5.41) is 8.31. The second kappa shape index (κ2) is 15.4. The molecule has 0 saturated heterocycles. The molecule has 3 amide bonds. The van der Waals surface area contributed by atoms with E-state index in [1.807, 2.05) is 0 Å². The summed E-state index contributed by atoms with van der Waals surface area (Å²) in [6.07, 6.45) is 1.53. The number of anilines is 2. The van der Waals surface area contributed by atoms with Gasteiger partial charge in [0.1, 0.15) is 5.70 Å². The molecule has 0 heterocycles. The fourth-order valence-electron chi connectivity index (χ4n) is 5.47. The number of thioether (sulfide) groups is 1. The first-order valence-electron chi connectivity index (χ1n) is 15.7. The lowest BCUT2D eigenvalue weighted by Gasteiger charge is -2.20. The topological polar surface area (TPSA) is 140 Å². The van der Waals surface area contributed by atoms with E-state index in [2.05, 4.69) is 16.0 Å². The van der Waals surface area contributed by atoms with Gasteiger partial charge < -0.3 is 25.4 Å². The highest BCUT2D eigenvalue weighted by atomic mass is 32.2. The Kier molecular flexibility index (Phi) is 10.4. The Labute approximate surface area is 297 Å². The highest BCUT2D eigenvalue weighted by Gasteiger charge is 2.31. The first-order valence-corrected chi connectivity index (χ1v) is 16.7. The Morgan fingerprint density at radius 2 is 1.35 bits per heavy atom. The first kappa shape index (κ1) is 34.4. The van der Waals surface area contributed by atoms with Crippen molar-refractivity contribution in [3.63, 3.8) is 0 Å². The quantitative estimate of drug-likeness (QED) is 0.101. The van der Waals surface area contributed by atoms with Gasteiger partial charge >= 0.3 is 0 Å². The maximum atomic E-state index is 13.5. The second-order valence-corrected chi connectivity index (χ2v) is 12.3. The van der Waals surface area contributed by atoms with Crippen molar-refractivity contribution in [2.75, 3.05) is 30.6 Å². The summed E-state index contributed by atoms with van der Waals surface area (Å²) < 4.78 is 10.7. The van der Waals surface area contributed by atoms with Crippen LogP contribution < -0.4 is 25.4 Å². The Bertz CT molecular complexity index is 2200. The standard InChI is InChI=1S/C40H31N3O7S/c1-49-33-20-15-24(22-34(33)50-2)21-32(43-39(47)25-9-4-3-5-10-25)40(48)41-26-16-18-27(19-17-26)51-23-35(44)42-31-14-8-13-30-36(31)38(46)29-12-7-6-11-28(29)37(30)45/h3-22H,23H2,1-2H3,(H,41,48)(H,42,44)(H,43,47)/b32-21-. The van der Waals surface area contributed by atoms with Crippen LogP contribution in [-0.2, 0) is 9.59 Å². The van der Waals surface area contributed by atoms with Crippen LogP contribution in [0, 0.1) is 0 Å². The average molecular weight is 698 g/mol. The van der Waals surface area contributed by atoms with Crippen molar-refractivity contribution >= 4 is 58.5 Å². The number of amides is 3. The smallest absolute Gasteiger partial charge is 0.272 e. The molecule has 0 spiro atoms. The molecule has 0 bridgehead atoms. The summed E-state index contributed by atoms with van der Waals surface area (Å²) in [4.78, 5) is 66.5. The summed E-state index contributed by atoms with van der Waals surface area (Å²) in [6, 6.07) is 32.0. The van der Waals surface area contributed by atoms with E-state index in [0.29, 0.717) is 39.4 Å². The van der Waals surface area contributed by atoms with E-state index < -0.39 is 11.8 Å². The van der Waals surface area contributed by atoms with Crippen LogP contribution in [0.2, 0.25) is 0 Å². The molecule has 0 aliphatic heterocycles. The number of hydrogen-bond acceptors (Lipinski definition) is 8. The lowest BCUT2D eigenvalue weighted by molar-refractivity contribution is -0.114. The molecule has 11 heteroatoms. The van der Waals surface area contributed by atoms with Gasteiger partial charge in [0.2, 0.25) is 5.91 Å². The van der Waals surface area contributed by atoms with Crippen LogP contribution in [-0.4, -0.2) is 49.3 Å². The van der Waals surface area contributed by atoms with E-state index >= 15 is 0 Å². The third kappa shape index (κ3) is 7.74. The van der Waals surface area contributed by atoms with Gasteiger partial charge in [0.15, 0.2) is 23.1 Å². The van der Waals surface area contributed by atoms with Gasteiger partial charge in [-0.15, -0.1) is 11.8 Å². The highest BCUT2D eigenvalue weighted by molar-refractivity contribution is 8.00. The minimum Gasteiger partial charge on any atom is -0.493 e. The van der Waals surface area contributed by atoms with E-state index in [-0.39, 0.29) is 45.7 Å². The lowest BCUT2D eigenvalue weighted by Crippen LogP contribution is -2.30. The summed E-state index contributed by atoms with van der Waals surface area (Å²) >= 11 is 1.26. The minimum absolute atomic E-state index is 0.00188. The zero-order chi connectivity index (χ0) is 35.9. The number of benzene rings is 5. The van der Waals surface area contributed by atoms with Gasteiger partial charge in [0.05, 0.1) is 31.2 Å². The Hall–Kier alpha value is -6.46. The first-order chi connectivity index (χ1) is 24.7. The molecule has 6 rings (SSSR count). The van der Waals surface area contributed by atoms with Gasteiger partial charge in [-0.25, -0.2) is 0 Å². The zero-order valence-electron chi connectivity index (χ0n) is 27.5. The predicted octanol–water partition coefficient (Wildman–Crippen LogP) is 6.62. The lowest BCUT2D eigenvalue weighted by atomic mass is 9.83. The van der Waals surface area contributed by atoms with Gasteiger partial charge in [-0.3, -0.25) is 24.0 Å². The van der Waals surface area contributed by atoms with Crippen LogP contribution in [0.25, 0.3) is 6.08 Å². The van der Waals surface area contributed by atoms with Crippen molar-refractivity contribution in [2.45, 2.75) is 4.90 Å². The number of carbonyl (C=O) groups excluding carboxylic acids is 5. The number of ether oxygens (including phenoxy) is 2. The van der Waals surface area contributed by atoms with Crippen molar-refractivity contribution in [3.8, 4) is 11.5 Å². The Balaban J connectivity index is 1.12. The van der Waals surface area contributed by atoms with Crippen LogP contribution in [0.4, 0.5) is 11.4 Å². The van der Waals surface area contributed by atoms with Crippen molar-refractivity contribution in [2.24, 2.45) is 0 Å². The predicted molar refractivity (Wildman–Crippen MR) is 196 cm³/mol. The van der Waals surface area contributed by atoms with Crippen molar-refractivity contribution in [1.82, 2.24) is 5.32 Å². The molecule has 0 radical (unpaired) electrons. The third-order valence-corrected chi connectivity index (χ3v) is 8.97. The summed E-state index contributed by atoms with van der Waals surface area (Å²) in [6.45, 7) is 0. The zero-order valence-corrected chi connectivity index (χ0v) is 28.3. The van der Waals surface area contributed by atoms with Crippen LogP contribution >= 0.6 is 11.8 Å². The molecule has 3 N–H and O–H groups in total. The summed E-state index contributed by atoms with van der Waals surface area (Å²) in [5.74, 6) is -0.958. The Morgan fingerprint density at radius 3 is 2.06 bits per heavy atom. The van der Waals surface area contributed by atoms with Crippen molar-refractivity contribution in [3.05, 3.63) is 154 Å². The summed E-state index contributed by atoms with van der Waals surface area (Å²) in [7, 11) is 3.03. The SMILES string of the molecule is COc1ccc(/C=C(\NC(=O)c2ccccc2)C(=O)Nc2ccc(SCC(=O)Nc3cccc4c3C(=O)c3ccccc3C4=O)cc2)cc1OC. The van der Waals surface area contributed by atoms with Crippen molar-refractivity contribution in [1.29, 1.82) is 0 Å². The molecule has 0 fully saturated rings. The van der Waals surface area contributed by atoms with Gasteiger partial charge in [-0.2, -0.15) is 0 Å². The van der Waals surface area contributed by atoms with E-state index in [0.717, 1.165) is 4.90 Å². The number of nitrogens with one attached hydrogen (secondary N) is 3. The normalized spacial score (nSPS) is 11.9. The summed E-state index contributed by atoms with van der Waals surface area (Å²) in [5.41, 5.74) is 2.79. The van der Waals surface area contributed by atoms with Crippen LogP contribution in [0.5, 0.6) is 11.5 Å². The van der Waals surface area contributed by atoms with Crippen LogP contribution in [0.1, 0.15) is 47.8 Å². The number of fused-ring (bicyclic) bond motifs is 2. The molecular formula is C40H31N3O7S. The highest BCUT2D eigenvalue weighted by Crippen LogP contribution is 2.32. The molecule has 5 aromatic carbocycles. The number of methoxy groups -OCH3 is 2. The van der Waals surface area contributed by atoms with Crippen LogP contribution in [0.3, 0.4) is 0 Å². The molecule has 1 aliphatic rings. The number of rotatable bonds is 11. The number of ketones is 2. The fraction of sp³-hybridized carbons (Fsp3) is 0.0750. The van der Waals surface area contributed by atoms with E-state index in [1.54, 1.807) is 115 Å². The molecule has 0 atom stereocenters. The number of hydrogen-bond donors (Lipinski definition) is 3. The molecule has 0 saturated carbocycles. The molecule has 0 unspecified atom stereocenters. The molecule has 1 aliphatic carbocycles. The van der Waals surface area contributed by atoms with E-state index in [4.69, 9.17) is 9.47 Å². The van der Waals surface area contributed by atoms with Crippen LogP contribution in [0.15, 0.2) is 126 Å². The van der Waals surface area contributed by atoms with Gasteiger partial charge in [-0.05, 0) is 66.2 Å². The van der Waals surface area contributed by atoms with E-state index in [9.17, 15) is 24.0 Å². The molecular weight excluding hydrogens is 667 g/mol. The van der Waals surface area contributed by atoms with Gasteiger partial charge in [-0.1, -0.05) is 60.7 Å². The molecule has 0 aromatic heterocycles. The largest absolute Gasteiger partial charge is 0.493 e. The monoisotopic (exact) mass is 697 g/mol. The van der Waals surface area contributed by atoms with Crippen molar-refractivity contribution < 1.29 is 33.4 Å². The average Bonchev–Trinajstić information content (AvgIpc) is 3.16. The van der Waals surface area contributed by atoms with Gasteiger partial charge in [0, 0.05) is 32.8 Å². The molecule has 51 heavy (non-hydrogen) atoms. The minimum atomic E-state index is -0.560. The fourth-order valence-corrected chi connectivity index (χ4v) is 6.17. The van der Waals surface area contributed by atoms with Gasteiger partial charge in [0.25, 0.3) is 11.8 Å². The third-order valence-electron chi connectivity index (χ3n) is 7.96. The molecule has 10 nitrogen and oxygen atoms in total. The maximum absolute atomic E-state index is 13.5. The molecule has 5 aromatic rings. The number of carbonyl (C=O) groups is 5. The second-order valence-electron chi connectivity index (χ2n) is 11.2.